The predicted octanol–water partition coefficient (Wildman–Crippen LogP) is 2.39. The van der Waals surface area contributed by atoms with Gasteiger partial charge in [-0.15, -0.1) is 0 Å². The Morgan fingerprint density at radius 2 is 1.76 bits per heavy atom. The zero-order valence-electron chi connectivity index (χ0n) is 9.50. The Labute approximate surface area is 99.9 Å². The van der Waals surface area contributed by atoms with Crippen LogP contribution in [-0.4, -0.2) is 15.0 Å². The molecule has 0 radical (unpaired) electrons. The van der Waals surface area contributed by atoms with Gasteiger partial charge in [-0.05, 0) is 30.4 Å². The number of aromatic nitrogens is 3. The number of nitrogen functional groups attached to an aromatic ring is 1. The van der Waals surface area contributed by atoms with Gasteiger partial charge in [0.15, 0.2) is 0 Å². The molecule has 1 aliphatic rings. The van der Waals surface area contributed by atoms with Crippen LogP contribution in [0.25, 0.3) is 11.4 Å². The Balaban J connectivity index is 1.86. The molecule has 0 aromatic carbocycles. The molecule has 0 aliphatic heterocycles. The van der Waals surface area contributed by atoms with E-state index < -0.39 is 0 Å². The molecule has 1 aliphatic carbocycles. The van der Waals surface area contributed by atoms with Crippen LogP contribution in [0, 0.1) is 0 Å². The number of hydrogen-bond acceptors (Lipinski definition) is 4. The van der Waals surface area contributed by atoms with Gasteiger partial charge in [-0.3, -0.25) is 4.98 Å². The predicted molar refractivity (Wildman–Crippen MR) is 66.3 cm³/mol. The second kappa shape index (κ2) is 4.13. The second-order valence-corrected chi connectivity index (χ2v) is 4.43. The van der Waals surface area contributed by atoms with Gasteiger partial charge in [-0.1, -0.05) is 12.5 Å². The van der Waals surface area contributed by atoms with E-state index in [1.54, 1.807) is 12.4 Å². The molecule has 1 saturated carbocycles. The van der Waals surface area contributed by atoms with Gasteiger partial charge in [0.25, 0.3) is 0 Å². The van der Waals surface area contributed by atoms with E-state index in [-0.39, 0.29) is 0 Å². The SMILES string of the molecule is Nc1cnc(-c2ccc(C3CCC3)cn2)cn1. The lowest BCUT2D eigenvalue weighted by atomic mass is 9.81. The standard InChI is InChI=1S/C13H14N4/c14-13-8-16-12(7-17-13)11-5-4-10(6-15-11)9-2-1-3-9/h4-9H,1-3H2,(H2,14,17). The number of anilines is 1. The van der Waals surface area contributed by atoms with Crippen molar-refractivity contribution in [3.8, 4) is 11.4 Å². The molecule has 3 rings (SSSR count). The molecule has 1 fully saturated rings. The zero-order valence-corrected chi connectivity index (χ0v) is 9.50. The lowest BCUT2D eigenvalue weighted by Crippen LogP contribution is -2.08. The van der Waals surface area contributed by atoms with Gasteiger partial charge in [-0.2, -0.15) is 0 Å². The zero-order chi connectivity index (χ0) is 11.7. The first-order valence-corrected chi connectivity index (χ1v) is 5.87. The van der Waals surface area contributed by atoms with E-state index in [1.165, 1.54) is 24.8 Å². The van der Waals surface area contributed by atoms with E-state index in [1.807, 2.05) is 12.3 Å². The Bertz CT molecular complexity index is 500. The molecule has 0 saturated heterocycles. The molecule has 17 heavy (non-hydrogen) atoms. The highest BCUT2D eigenvalue weighted by Gasteiger charge is 2.19. The Hall–Kier alpha value is -1.97. The van der Waals surface area contributed by atoms with Crippen molar-refractivity contribution in [2.75, 3.05) is 5.73 Å². The second-order valence-electron chi connectivity index (χ2n) is 4.43. The number of nitrogens with zero attached hydrogens (tertiary/aromatic N) is 3. The highest BCUT2D eigenvalue weighted by atomic mass is 14.9. The minimum Gasteiger partial charge on any atom is -0.382 e. The van der Waals surface area contributed by atoms with Crippen molar-refractivity contribution < 1.29 is 0 Å². The summed E-state index contributed by atoms with van der Waals surface area (Å²) >= 11 is 0. The lowest BCUT2D eigenvalue weighted by molar-refractivity contribution is 0.419. The summed E-state index contributed by atoms with van der Waals surface area (Å²) in [5.74, 6) is 1.15. The molecular weight excluding hydrogens is 212 g/mol. The summed E-state index contributed by atoms with van der Waals surface area (Å²) in [4.78, 5) is 12.7. The Kier molecular flexibility index (Phi) is 2.48. The molecule has 0 amide bonds. The van der Waals surface area contributed by atoms with Crippen LogP contribution in [0.4, 0.5) is 5.82 Å². The third-order valence-electron chi connectivity index (χ3n) is 3.30. The fraction of sp³-hybridized carbons (Fsp3) is 0.308. The molecule has 2 aromatic rings. The topological polar surface area (TPSA) is 64.7 Å². The molecule has 2 N–H and O–H groups in total. The van der Waals surface area contributed by atoms with E-state index >= 15 is 0 Å². The number of pyridine rings is 1. The molecule has 2 heterocycles. The van der Waals surface area contributed by atoms with Gasteiger partial charge in [0.2, 0.25) is 0 Å². The molecule has 2 aromatic heterocycles. The van der Waals surface area contributed by atoms with E-state index in [0.717, 1.165) is 11.4 Å². The normalized spacial score (nSPS) is 15.5. The minimum absolute atomic E-state index is 0.430. The summed E-state index contributed by atoms with van der Waals surface area (Å²) in [5, 5.41) is 0. The average Bonchev–Trinajstić information content (AvgIpc) is 2.29. The van der Waals surface area contributed by atoms with E-state index in [2.05, 4.69) is 21.0 Å². The lowest BCUT2D eigenvalue weighted by Gasteiger charge is -2.25. The molecule has 4 nitrogen and oxygen atoms in total. The van der Waals surface area contributed by atoms with Gasteiger partial charge in [-0.25, -0.2) is 9.97 Å². The largest absolute Gasteiger partial charge is 0.382 e. The van der Waals surface area contributed by atoms with Gasteiger partial charge in [0, 0.05) is 6.20 Å². The van der Waals surface area contributed by atoms with Crippen molar-refractivity contribution in [3.05, 3.63) is 36.3 Å². The summed E-state index contributed by atoms with van der Waals surface area (Å²) in [6.07, 6.45) is 9.09. The van der Waals surface area contributed by atoms with Gasteiger partial charge in [0.1, 0.15) is 11.5 Å². The van der Waals surface area contributed by atoms with Crippen LogP contribution in [0.15, 0.2) is 30.7 Å². The summed E-state index contributed by atoms with van der Waals surface area (Å²) in [7, 11) is 0. The highest BCUT2D eigenvalue weighted by molar-refractivity contribution is 5.53. The Morgan fingerprint density at radius 3 is 2.29 bits per heavy atom. The summed E-state index contributed by atoms with van der Waals surface area (Å²) in [5.41, 5.74) is 8.45. The molecule has 0 spiro atoms. The summed E-state index contributed by atoms with van der Waals surface area (Å²) in [6, 6.07) is 4.15. The van der Waals surface area contributed by atoms with E-state index in [9.17, 15) is 0 Å². The highest BCUT2D eigenvalue weighted by Crippen LogP contribution is 2.36. The van der Waals surface area contributed by atoms with Crippen molar-refractivity contribution >= 4 is 5.82 Å². The number of hydrogen-bond donors (Lipinski definition) is 1. The minimum atomic E-state index is 0.430. The van der Waals surface area contributed by atoms with Crippen LogP contribution in [0.1, 0.15) is 30.7 Å². The molecule has 86 valence electrons. The third kappa shape index (κ3) is 1.98. The maximum absolute atomic E-state index is 5.50. The van der Waals surface area contributed by atoms with Gasteiger partial charge < -0.3 is 5.73 Å². The maximum atomic E-state index is 5.50. The van der Waals surface area contributed by atoms with Crippen LogP contribution in [-0.2, 0) is 0 Å². The van der Waals surface area contributed by atoms with E-state index in [0.29, 0.717) is 11.7 Å². The first-order chi connectivity index (χ1) is 8.33. The van der Waals surface area contributed by atoms with Crippen molar-refractivity contribution in [2.45, 2.75) is 25.2 Å². The first kappa shape index (κ1) is 10.2. The van der Waals surface area contributed by atoms with Crippen molar-refractivity contribution in [3.63, 3.8) is 0 Å². The van der Waals surface area contributed by atoms with Crippen LogP contribution in [0.2, 0.25) is 0 Å². The van der Waals surface area contributed by atoms with Crippen LogP contribution >= 0.6 is 0 Å². The Morgan fingerprint density at radius 1 is 0.941 bits per heavy atom. The van der Waals surface area contributed by atoms with Gasteiger partial charge in [0.05, 0.1) is 18.1 Å². The number of nitrogens with two attached hydrogens (primary N) is 1. The molecule has 0 bridgehead atoms. The van der Waals surface area contributed by atoms with Crippen LogP contribution in [0.5, 0.6) is 0 Å². The fourth-order valence-electron chi connectivity index (χ4n) is 2.01. The van der Waals surface area contributed by atoms with Crippen LogP contribution < -0.4 is 5.73 Å². The van der Waals surface area contributed by atoms with Gasteiger partial charge >= 0.3 is 0 Å². The summed E-state index contributed by atoms with van der Waals surface area (Å²) < 4.78 is 0. The van der Waals surface area contributed by atoms with Crippen LogP contribution in [0.3, 0.4) is 0 Å². The van der Waals surface area contributed by atoms with Crippen molar-refractivity contribution in [1.29, 1.82) is 0 Å². The van der Waals surface area contributed by atoms with E-state index in [4.69, 9.17) is 5.73 Å². The molecule has 0 atom stereocenters. The first-order valence-electron chi connectivity index (χ1n) is 5.87. The third-order valence-corrected chi connectivity index (χ3v) is 3.30. The quantitative estimate of drug-likeness (QED) is 0.853. The fourth-order valence-corrected chi connectivity index (χ4v) is 2.01. The maximum Gasteiger partial charge on any atom is 0.141 e. The van der Waals surface area contributed by atoms with Crippen molar-refractivity contribution in [1.82, 2.24) is 15.0 Å². The summed E-state index contributed by atoms with van der Waals surface area (Å²) in [6.45, 7) is 0. The monoisotopic (exact) mass is 226 g/mol. The van der Waals surface area contributed by atoms with Crippen molar-refractivity contribution in [2.24, 2.45) is 0 Å². The average molecular weight is 226 g/mol. The number of rotatable bonds is 2. The molecule has 4 heteroatoms. The molecule has 0 unspecified atom stereocenters. The smallest absolute Gasteiger partial charge is 0.141 e. The molecular formula is C13H14N4.